The van der Waals surface area contributed by atoms with Crippen LogP contribution in [-0.4, -0.2) is 14.9 Å². The minimum atomic E-state index is -1.54. The molecule has 0 bridgehead atoms. The molecular formula is C29H46Cl2OSiZr. The first-order valence-corrected chi connectivity index (χ1v) is 16.0. The van der Waals surface area contributed by atoms with E-state index in [1.165, 1.54) is 56.7 Å². The van der Waals surface area contributed by atoms with Gasteiger partial charge in [0.1, 0.15) is 0 Å². The van der Waals surface area contributed by atoms with Gasteiger partial charge in [0, 0.05) is 6.61 Å². The second kappa shape index (κ2) is 14.5. The molecule has 2 fully saturated rings. The van der Waals surface area contributed by atoms with Crippen LogP contribution in [0.2, 0.25) is 18.1 Å². The van der Waals surface area contributed by atoms with Crippen molar-refractivity contribution in [3.8, 4) is 0 Å². The summed E-state index contributed by atoms with van der Waals surface area (Å²) in [6, 6.07) is 3.78. The van der Waals surface area contributed by atoms with Crippen LogP contribution >= 0.6 is 0 Å². The summed E-state index contributed by atoms with van der Waals surface area (Å²) in [5, 5.41) is 0. The Labute approximate surface area is 242 Å². The Kier molecular flexibility index (Phi) is 13.9. The van der Waals surface area contributed by atoms with Gasteiger partial charge >= 0.3 is 26.2 Å². The third kappa shape index (κ3) is 6.01. The molecule has 2 saturated carbocycles. The molecule has 5 heteroatoms. The fraction of sp³-hybridized carbons (Fsp3) is 0.724. The predicted octanol–water partition coefficient (Wildman–Crippen LogP) is 2.48. The molecule has 0 aliphatic heterocycles. The van der Waals surface area contributed by atoms with E-state index in [0.717, 1.165) is 42.6 Å². The maximum Gasteiger partial charge on any atom is 2.00 e. The van der Waals surface area contributed by atoms with Gasteiger partial charge in [-0.3, -0.25) is 0 Å². The minimum Gasteiger partial charge on any atom is -1.00 e. The van der Waals surface area contributed by atoms with Crippen molar-refractivity contribution in [1.29, 1.82) is 0 Å². The van der Waals surface area contributed by atoms with Crippen molar-refractivity contribution >= 4 is 8.32 Å². The zero-order valence-electron chi connectivity index (χ0n) is 21.9. The van der Waals surface area contributed by atoms with Gasteiger partial charge in [0.05, 0.1) is 0 Å². The molecule has 0 aromatic rings. The van der Waals surface area contributed by atoms with E-state index in [9.17, 15) is 0 Å². The van der Waals surface area contributed by atoms with Crippen molar-refractivity contribution in [2.24, 2.45) is 35.0 Å². The zero-order valence-corrected chi connectivity index (χ0v) is 26.8. The fourth-order valence-corrected chi connectivity index (χ4v) is 10.8. The van der Waals surface area contributed by atoms with Crippen LogP contribution in [0, 0.1) is 35.0 Å². The zero-order chi connectivity index (χ0) is 21.9. The van der Waals surface area contributed by atoms with Crippen LogP contribution in [0.1, 0.15) is 72.6 Å². The molecule has 4 aliphatic carbocycles. The van der Waals surface area contributed by atoms with E-state index in [4.69, 9.17) is 4.43 Å². The number of hydrogen-bond donors (Lipinski definition) is 0. The average molecular weight is 601 g/mol. The summed E-state index contributed by atoms with van der Waals surface area (Å²) in [6.07, 6.45) is 26.5. The van der Waals surface area contributed by atoms with Crippen LogP contribution in [0.5, 0.6) is 0 Å². The summed E-state index contributed by atoms with van der Waals surface area (Å²) in [5.74, 6) is 4.08. The van der Waals surface area contributed by atoms with E-state index in [2.05, 4.69) is 70.2 Å². The number of hydrogen-bond acceptors (Lipinski definition) is 1. The Balaban J connectivity index is 0.00000193. The molecule has 6 unspecified atom stereocenters. The van der Waals surface area contributed by atoms with Crippen molar-refractivity contribution < 1.29 is 55.4 Å². The smallest absolute Gasteiger partial charge is 1.00 e. The topological polar surface area (TPSA) is 9.23 Å². The first-order valence-electron chi connectivity index (χ1n) is 13.5. The second-order valence-corrected chi connectivity index (χ2v) is 15.5. The van der Waals surface area contributed by atoms with Gasteiger partial charge in [0.25, 0.3) is 0 Å². The minimum absolute atomic E-state index is 0. The molecule has 0 aromatic carbocycles. The van der Waals surface area contributed by atoms with E-state index in [1.54, 1.807) is 5.57 Å². The number of allylic oxidation sites excluding steroid dienone is 8. The summed E-state index contributed by atoms with van der Waals surface area (Å²) in [7, 11) is -1.54. The van der Waals surface area contributed by atoms with Crippen molar-refractivity contribution in [1.82, 2.24) is 0 Å². The molecule has 4 aliphatic rings. The Morgan fingerprint density at radius 3 is 2.06 bits per heavy atom. The molecule has 0 N–H and O–H groups in total. The van der Waals surface area contributed by atoms with Crippen LogP contribution in [0.3, 0.4) is 0 Å². The Bertz CT molecular complexity index is 736. The molecule has 0 spiro atoms. The summed E-state index contributed by atoms with van der Waals surface area (Å²) in [6.45, 7) is 10.5. The first kappa shape index (κ1) is 32.6. The van der Waals surface area contributed by atoms with Gasteiger partial charge in [-0.2, -0.15) is 0 Å². The summed E-state index contributed by atoms with van der Waals surface area (Å²) in [5.41, 5.74) is 2.02. The van der Waals surface area contributed by atoms with Crippen LogP contribution < -0.4 is 24.8 Å². The monoisotopic (exact) mass is 598 g/mol. The number of rotatable bonds is 10. The maximum absolute atomic E-state index is 6.89. The molecule has 1 nitrogen and oxygen atoms in total. The van der Waals surface area contributed by atoms with E-state index in [0.29, 0.717) is 5.41 Å². The van der Waals surface area contributed by atoms with Gasteiger partial charge in [-0.1, -0.05) is 88.6 Å². The molecule has 0 aromatic heterocycles. The van der Waals surface area contributed by atoms with Gasteiger partial charge in [-0.25, -0.2) is 0 Å². The van der Waals surface area contributed by atoms with Crippen molar-refractivity contribution in [3.63, 3.8) is 0 Å². The third-order valence-corrected chi connectivity index (χ3v) is 14.7. The molecule has 4 rings (SSSR count). The van der Waals surface area contributed by atoms with E-state index >= 15 is 0 Å². The molecular weight excluding hydrogens is 555 g/mol. The van der Waals surface area contributed by atoms with E-state index in [1.807, 2.05) is 0 Å². The number of fused-ring (bicyclic) bond motifs is 3. The van der Waals surface area contributed by atoms with Crippen molar-refractivity contribution in [2.75, 3.05) is 6.61 Å². The normalized spacial score (nSPS) is 30.8. The largest absolute Gasteiger partial charge is 2.00 e. The van der Waals surface area contributed by atoms with Gasteiger partial charge < -0.3 is 29.2 Å². The summed E-state index contributed by atoms with van der Waals surface area (Å²) >= 11 is 0. The molecule has 6 atom stereocenters. The van der Waals surface area contributed by atoms with Gasteiger partial charge in [-0.05, 0) is 85.2 Å². The van der Waals surface area contributed by atoms with Crippen LogP contribution in [0.15, 0.2) is 48.1 Å². The number of halogens is 2. The van der Waals surface area contributed by atoms with Crippen LogP contribution in [0.4, 0.5) is 0 Å². The summed E-state index contributed by atoms with van der Waals surface area (Å²) < 4.78 is 6.89. The Morgan fingerprint density at radius 1 is 0.882 bits per heavy atom. The Hall–Kier alpha value is 0.600. The van der Waals surface area contributed by atoms with Gasteiger partial charge in [0.2, 0.25) is 0 Å². The molecule has 0 heterocycles. The van der Waals surface area contributed by atoms with E-state index in [-0.39, 0.29) is 51.0 Å². The molecule has 0 saturated heterocycles. The molecule has 190 valence electrons. The molecule has 0 radical (unpaired) electrons. The predicted molar refractivity (Wildman–Crippen MR) is 137 cm³/mol. The second-order valence-electron chi connectivity index (χ2n) is 10.7. The quantitative estimate of drug-likeness (QED) is 0.351. The van der Waals surface area contributed by atoms with Crippen LogP contribution in [-0.2, 0) is 30.6 Å². The van der Waals surface area contributed by atoms with E-state index < -0.39 is 8.32 Å². The first-order chi connectivity index (χ1) is 15.1. The standard InChI is InChI=1S/C29H46OSi.2ClH.Zr/c1-5-29(23-15-9-10-16-23,21-22-30-31(6-2,7-3)8-4)28-26-19-13-11-17-24(26)25-18-12-14-20-27(25)28;;;/h9-11,13,15,17,19,24-28H,5-8,12,14,16,18,20-22H2,1-4H3;2*1H;/q;;;+2/p-2. The SMILES string of the molecule is CCC(CCO[Si](CC)(CC)CC)(C1=CC=CC1)C1C2C=CC=CC2C2CCCCC21.[Cl-].[Cl-].[Zr+2]. The van der Waals surface area contributed by atoms with Gasteiger partial charge in [0.15, 0.2) is 8.32 Å². The maximum atomic E-state index is 6.89. The Morgan fingerprint density at radius 2 is 1.50 bits per heavy atom. The van der Waals surface area contributed by atoms with Crippen molar-refractivity contribution in [2.45, 2.75) is 90.8 Å². The van der Waals surface area contributed by atoms with Crippen molar-refractivity contribution in [3.05, 3.63) is 48.1 Å². The van der Waals surface area contributed by atoms with Crippen LogP contribution in [0.25, 0.3) is 0 Å². The fourth-order valence-electron chi connectivity index (χ4n) is 8.11. The third-order valence-electron chi connectivity index (χ3n) is 10.0. The molecule has 34 heavy (non-hydrogen) atoms. The average Bonchev–Trinajstić information content (AvgIpc) is 3.48. The van der Waals surface area contributed by atoms with Gasteiger partial charge in [-0.15, -0.1) is 0 Å². The summed E-state index contributed by atoms with van der Waals surface area (Å²) in [4.78, 5) is 0. The molecule has 0 amide bonds.